The van der Waals surface area contributed by atoms with Crippen LogP contribution in [-0.4, -0.2) is 84.7 Å². The maximum absolute atomic E-state index is 13.5. The van der Waals surface area contributed by atoms with E-state index in [1.165, 1.54) is 41.0 Å². The molecule has 9 nitrogen and oxygen atoms in total. The summed E-state index contributed by atoms with van der Waals surface area (Å²) >= 11 is 0. The van der Waals surface area contributed by atoms with E-state index in [-0.39, 0.29) is 0 Å². The van der Waals surface area contributed by atoms with Gasteiger partial charge in [-0.05, 0) is 19.2 Å². The van der Waals surface area contributed by atoms with Crippen LogP contribution in [0.15, 0.2) is 30.5 Å². The van der Waals surface area contributed by atoms with Crippen molar-refractivity contribution in [2.75, 3.05) is 13.7 Å². The molecular formula is C18H21FN4O5. The molecule has 3 rings (SSSR count). The second-order valence-corrected chi connectivity index (χ2v) is 6.52. The van der Waals surface area contributed by atoms with E-state index in [1.54, 1.807) is 6.07 Å². The zero-order valence-electron chi connectivity index (χ0n) is 15.0. The molecule has 1 saturated heterocycles. The molecule has 4 N–H and O–H groups in total. The van der Waals surface area contributed by atoms with Gasteiger partial charge >= 0.3 is 0 Å². The van der Waals surface area contributed by atoms with Gasteiger partial charge < -0.3 is 25.2 Å². The maximum atomic E-state index is 13.5. The van der Waals surface area contributed by atoms with E-state index in [0.717, 1.165) is 0 Å². The first-order chi connectivity index (χ1) is 13.4. The van der Waals surface area contributed by atoms with Crippen LogP contribution in [0, 0.1) is 18.2 Å². The Kier molecular flexibility index (Phi) is 6.04. The van der Waals surface area contributed by atoms with Gasteiger partial charge in [0.15, 0.2) is 6.23 Å². The number of halogens is 1. The van der Waals surface area contributed by atoms with Gasteiger partial charge in [0, 0.05) is 5.56 Å². The van der Waals surface area contributed by atoms with Crippen molar-refractivity contribution in [3.63, 3.8) is 0 Å². The fourth-order valence-electron chi connectivity index (χ4n) is 3.19. The molecule has 0 aliphatic carbocycles. The van der Waals surface area contributed by atoms with Crippen LogP contribution in [0.3, 0.4) is 0 Å². The summed E-state index contributed by atoms with van der Waals surface area (Å²) in [5, 5.41) is 48.6. The normalized spacial score (nSPS) is 28.9. The molecule has 0 radical (unpaired) electrons. The Morgan fingerprint density at radius 3 is 2.79 bits per heavy atom. The Hall–Kier alpha value is -2.39. The number of terminal acetylenes is 1. The molecule has 0 amide bonds. The fraction of sp³-hybridized carbons (Fsp3) is 0.444. The van der Waals surface area contributed by atoms with Gasteiger partial charge in [-0.25, -0.2) is 14.0 Å². The van der Waals surface area contributed by atoms with Crippen molar-refractivity contribution >= 4 is 0 Å². The fourth-order valence-corrected chi connectivity index (χ4v) is 3.19. The van der Waals surface area contributed by atoms with E-state index >= 15 is 0 Å². The lowest BCUT2D eigenvalue weighted by Gasteiger charge is -2.45. The Bertz CT molecular complexity index is 856. The molecule has 1 aliphatic heterocycles. The van der Waals surface area contributed by atoms with Crippen LogP contribution in [0.2, 0.25) is 0 Å². The predicted octanol–water partition coefficient (Wildman–Crippen LogP) is -1.05. The Labute approximate surface area is 160 Å². The maximum Gasteiger partial charge on any atom is 0.172 e. The largest absolute Gasteiger partial charge is 0.394 e. The second kappa shape index (κ2) is 8.32. The summed E-state index contributed by atoms with van der Waals surface area (Å²) in [6.45, 7) is -0.535. The zero-order chi connectivity index (χ0) is 20.4. The van der Waals surface area contributed by atoms with Gasteiger partial charge in [0.25, 0.3) is 0 Å². The van der Waals surface area contributed by atoms with Gasteiger partial charge in [0.05, 0.1) is 12.8 Å². The molecule has 1 aromatic carbocycles. The van der Waals surface area contributed by atoms with Crippen molar-refractivity contribution in [2.24, 2.45) is 0 Å². The van der Waals surface area contributed by atoms with E-state index in [0.29, 0.717) is 11.3 Å². The van der Waals surface area contributed by atoms with Crippen LogP contribution >= 0.6 is 0 Å². The van der Waals surface area contributed by atoms with Crippen molar-refractivity contribution in [2.45, 2.75) is 36.8 Å². The second-order valence-electron chi connectivity index (χ2n) is 6.52. The number of aliphatic hydroxyl groups excluding tert-OH is 4. The Morgan fingerprint density at radius 1 is 1.39 bits per heavy atom. The lowest BCUT2D eigenvalue weighted by Crippen LogP contribution is -2.61. The number of hydrogen-bond acceptors (Lipinski definition) is 8. The highest BCUT2D eigenvalue weighted by atomic mass is 19.1. The molecule has 150 valence electrons. The minimum atomic E-state index is -1.37. The highest BCUT2D eigenvalue weighted by molar-refractivity contribution is 5.57. The minimum Gasteiger partial charge on any atom is -0.394 e. The number of nitrogens with zero attached hydrogens (tertiary/aromatic N) is 4. The van der Waals surface area contributed by atoms with E-state index < -0.39 is 49.2 Å². The monoisotopic (exact) mass is 392 g/mol. The number of likely N-dealkylation sites (N-methyl/N-ethyl adjacent to an activating group) is 1. The number of aliphatic hydroxyl groups is 4. The molecule has 2 heterocycles. The molecule has 1 aliphatic rings. The summed E-state index contributed by atoms with van der Waals surface area (Å²) in [7, 11) is 1.43. The SMILES string of the molecule is C#CC(O)N(C)C1O[C@H](CO)[C@H](O)[C@H](n2cc(-c3cccc(F)c3)nn2)[C@H]1O. The minimum absolute atomic E-state index is 0.333. The molecule has 6 atom stereocenters. The quantitative estimate of drug-likeness (QED) is 0.375. The standard InChI is InChI=1S/C18H21FN4O5/c1-3-14(25)22(2)18-17(27)15(16(26)13(9-24)28-18)23-8-12(20-21-23)10-5-4-6-11(19)7-10/h1,4-8,13-18,24-27H,9H2,2H3/t13-,14?,15+,16+,17-,18?/m1/s1. The molecule has 0 spiro atoms. The summed E-state index contributed by atoms with van der Waals surface area (Å²) < 4.78 is 20.2. The average molecular weight is 392 g/mol. The molecule has 10 heteroatoms. The van der Waals surface area contributed by atoms with Crippen molar-refractivity contribution < 1.29 is 29.6 Å². The summed E-state index contributed by atoms with van der Waals surface area (Å²) in [4.78, 5) is 1.19. The first kappa shape index (κ1) is 20.3. The van der Waals surface area contributed by atoms with Gasteiger partial charge in [0.1, 0.15) is 42.1 Å². The number of benzene rings is 1. The van der Waals surface area contributed by atoms with Gasteiger partial charge in [-0.1, -0.05) is 23.3 Å². The van der Waals surface area contributed by atoms with Crippen LogP contribution in [0.25, 0.3) is 11.3 Å². The zero-order valence-corrected chi connectivity index (χ0v) is 15.0. The smallest absolute Gasteiger partial charge is 0.172 e. The number of hydrogen-bond donors (Lipinski definition) is 4. The van der Waals surface area contributed by atoms with Gasteiger partial charge in [-0.15, -0.1) is 11.5 Å². The highest BCUT2D eigenvalue weighted by Crippen LogP contribution is 2.32. The molecule has 0 saturated carbocycles. The molecule has 2 unspecified atom stereocenters. The van der Waals surface area contributed by atoms with E-state index in [1.807, 2.05) is 0 Å². The molecule has 1 aromatic heterocycles. The van der Waals surface area contributed by atoms with Crippen molar-refractivity contribution in [1.82, 2.24) is 19.9 Å². The summed E-state index contributed by atoms with van der Waals surface area (Å²) in [5.74, 6) is 1.67. The van der Waals surface area contributed by atoms with Crippen molar-refractivity contribution in [3.8, 4) is 23.6 Å². The molecule has 1 fully saturated rings. The molecular weight excluding hydrogens is 371 g/mol. The van der Waals surface area contributed by atoms with Gasteiger partial charge in [-0.3, -0.25) is 0 Å². The first-order valence-electron chi connectivity index (χ1n) is 8.53. The summed E-state index contributed by atoms with van der Waals surface area (Å²) in [6.07, 6.45) is 0.420. The predicted molar refractivity (Wildman–Crippen MR) is 94.8 cm³/mol. The number of ether oxygens (including phenoxy) is 1. The highest BCUT2D eigenvalue weighted by Gasteiger charge is 2.48. The lowest BCUT2D eigenvalue weighted by atomic mass is 9.95. The Morgan fingerprint density at radius 2 is 2.14 bits per heavy atom. The van der Waals surface area contributed by atoms with Crippen LogP contribution in [-0.2, 0) is 4.74 Å². The summed E-state index contributed by atoms with van der Waals surface area (Å²) in [6, 6.07) is 4.68. The van der Waals surface area contributed by atoms with Crippen molar-refractivity contribution in [1.29, 1.82) is 0 Å². The van der Waals surface area contributed by atoms with Crippen LogP contribution in [0.4, 0.5) is 4.39 Å². The Balaban J connectivity index is 1.93. The van der Waals surface area contributed by atoms with E-state index in [9.17, 15) is 24.8 Å². The van der Waals surface area contributed by atoms with Crippen LogP contribution < -0.4 is 0 Å². The first-order valence-corrected chi connectivity index (χ1v) is 8.53. The lowest BCUT2D eigenvalue weighted by molar-refractivity contribution is -0.256. The average Bonchev–Trinajstić information content (AvgIpc) is 3.17. The molecule has 2 aromatic rings. The number of aromatic nitrogens is 3. The molecule has 0 bridgehead atoms. The third-order valence-electron chi connectivity index (χ3n) is 4.74. The third kappa shape index (κ3) is 3.77. The van der Waals surface area contributed by atoms with Gasteiger partial charge in [-0.2, -0.15) is 0 Å². The topological polar surface area (TPSA) is 124 Å². The molecule has 28 heavy (non-hydrogen) atoms. The number of rotatable bonds is 5. The third-order valence-corrected chi connectivity index (χ3v) is 4.74. The van der Waals surface area contributed by atoms with Crippen molar-refractivity contribution in [3.05, 3.63) is 36.3 Å². The summed E-state index contributed by atoms with van der Waals surface area (Å²) in [5.41, 5.74) is 0.803. The van der Waals surface area contributed by atoms with E-state index in [4.69, 9.17) is 11.2 Å². The van der Waals surface area contributed by atoms with E-state index in [2.05, 4.69) is 16.2 Å². The van der Waals surface area contributed by atoms with Crippen LogP contribution in [0.1, 0.15) is 6.04 Å². The van der Waals surface area contributed by atoms with Crippen LogP contribution in [0.5, 0.6) is 0 Å². The van der Waals surface area contributed by atoms with Gasteiger partial charge in [0.2, 0.25) is 0 Å².